The van der Waals surface area contributed by atoms with Crippen LogP contribution in [0.4, 0.5) is 5.13 Å². The highest BCUT2D eigenvalue weighted by molar-refractivity contribution is 8.01. The molecule has 0 aliphatic carbocycles. The van der Waals surface area contributed by atoms with E-state index in [1.807, 2.05) is 31.1 Å². The minimum atomic E-state index is 0.515. The van der Waals surface area contributed by atoms with E-state index in [0.717, 1.165) is 20.1 Å². The predicted octanol–water partition coefficient (Wildman–Crippen LogP) is 1.61. The van der Waals surface area contributed by atoms with Gasteiger partial charge in [0, 0.05) is 26.8 Å². The van der Waals surface area contributed by atoms with Crippen molar-refractivity contribution in [1.82, 2.24) is 15.2 Å². The highest BCUT2D eigenvalue weighted by Gasteiger charge is 2.07. The summed E-state index contributed by atoms with van der Waals surface area (Å²) < 4.78 is 0.890. The Morgan fingerprint density at radius 1 is 1.35 bits per heavy atom. The molecule has 0 atom stereocenters. The van der Waals surface area contributed by atoms with Gasteiger partial charge in [-0.3, -0.25) is 0 Å². The molecule has 0 saturated heterocycles. The fraction of sp³-hybridized carbons (Fsp3) is 0.300. The maximum atomic E-state index is 5.52. The largest absolute Gasteiger partial charge is 0.353 e. The van der Waals surface area contributed by atoms with E-state index in [2.05, 4.69) is 15.2 Å². The number of aromatic nitrogens is 3. The molecule has 0 bridgehead atoms. The van der Waals surface area contributed by atoms with Crippen LogP contribution in [0, 0.1) is 0 Å². The molecule has 90 valence electrons. The molecule has 2 aromatic heterocycles. The first-order valence-electron chi connectivity index (χ1n) is 5.02. The van der Waals surface area contributed by atoms with Gasteiger partial charge in [-0.2, -0.15) is 0 Å². The molecule has 2 N–H and O–H groups in total. The molecule has 2 aromatic rings. The number of anilines is 1. The molecule has 0 aliphatic rings. The van der Waals surface area contributed by atoms with Crippen LogP contribution >= 0.6 is 23.1 Å². The third-order valence-corrected chi connectivity index (χ3v) is 4.10. The van der Waals surface area contributed by atoms with Crippen LogP contribution < -0.4 is 10.6 Å². The third kappa shape index (κ3) is 3.15. The fourth-order valence-corrected chi connectivity index (χ4v) is 2.76. The van der Waals surface area contributed by atoms with Crippen molar-refractivity contribution in [2.45, 2.75) is 15.9 Å². The smallest absolute Gasteiger partial charge is 0.208 e. The summed E-state index contributed by atoms with van der Waals surface area (Å²) >= 11 is 3.06. The lowest BCUT2D eigenvalue weighted by atomic mass is 10.3. The molecule has 0 unspecified atom stereocenters. The standard InChI is InChI=1S/C10H13N5S2/c1-15(2)9-13-14-10(17-9)16-8-4-3-7(5-11)6-12-8/h3-4,6H,5,11H2,1-2H3. The zero-order valence-corrected chi connectivity index (χ0v) is 11.3. The molecule has 0 aromatic carbocycles. The van der Waals surface area contributed by atoms with Crippen molar-refractivity contribution < 1.29 is 0 Å². The van der Waals surface area contributed by atoms with Gasteiger partial charge in [0.1, 0.15) is 5.03 Å². The van der Waals surface area contributed by atoms with E-state index in [-0.39, 0.29) is 0 Å². The number of hydrogen-bond donors (Lipinski definition) is 1. The summed E-state index contributed by atoms with van der Waals surface area (Å²) in [5, 5.41) is 9.97. The highest BCUT2D eigenvalue weighted by atomic mass is 32.2. The molecule has 5 nitrogen and oxygen atoms in total. The fourth-order valence-electron chi connectivity index (χ4n) is 1.11. The number of rotatable bonds is 4. The summed E-state index contributed by atoms with van der Waals surface area (Å²) in [4.78, 5) is 6.24. The minimum Gasteiger partial charge on any atom is -0.353 e. The molecule has 0 fully saturated rings. The predicted molar refractivity (Wildman–Crippen MR) is 70.5 cm³/mol. The first-order chi connectivity index (χ1) is 8.19. The summed E-state index contributed by atoms with van der Waals surface area (Å²) in [5.74, 6) is 0. The van der Waals surface area contributed by atoms with Gasteiger partial charge < -0.3 is 10.6 Å². The maximum absolute atomic E-state index is 5.52. The maximum Gasteiger partial charge on any atom is 0.208 e. The van der Waals surface area contributed by atoms with E-state index >= 15 is 0 Å². The Morgan fingerprint density at radius 2 is 2.18 bits per heavy atom. The van der Waals surface area contributed by atoms with E-state index in [4.69, 9.17) is 5.73 Å². The Hall–Kier alpha value is -1.18. The molecule has 0 saturated carbocycles. The average Bonchev–Trinajstić information content (AvgIpc) is 2.79. The molecular formula is C10H13N5S2. The van der Waals surface area contributed by atoms with Gasteiger partial charge in [-0.05, 0) is 23.4 Å². The normalized spacial score (nSPS) is 10.5. The van der Waals surface area contributed by atoms with Crippen LogP contribution in [-0.4, -0.2) is 29.3 Å². The quantitative estimate of drug-likeness (QED) is 0.907. The summed E-state index contributed by atoms with van der Waals surface area (Å²) in [5.41, 5.74) is 6.54. The SMILES string of the molecule is CN(C)c1nnc(Sc2ccc(CN)cn2)s1. The van der Waals surface area contributed by atoms with Crippen LogP contribution in [0.25, 0.3) is 0 Å². The zero-order chi connectivity index (χ0) is 12.3. The summed E-state index contributed by atoms with van der Waals surface area (Å²) in [6, 6.07) is 3.92. The number of hydrogen-bond acceptors (Lipinski definition) is 7. The number of pyridine rings is 1. The van der Waals surface area contributed by atoms with E-state index in [0.29, 0.717) is 6.54 Å². The summed E-state index contributed by atoms with van der Waals surface area (Å²) in [6.45, 7) is 0.515. The molecule has 17 heavy (non-hydrogen) atoms. The summed E-state index contributed by atoms with van der Waals surface area (Å²) in [7, 11) is 3.90. The van der Waals surface area contributed by atoms with Crippen LogP contribution in [-0.2, 0) is 6.54 Å². The van der Waals surface area contributed by atoms with E-state index in [9.17, 15) is 0 Å². The van der Waals surface area contributed by atoms with Gasteiger partial charge in [-0.1, -0.05) is 17.4 Å². The van der Waals surface area contributed by atoms with Gasteiger partial charge in [0.25, 0.3) is 0 Å². The second-order valence-electron chi connectivity index (χ2n) is 3.56. The summed E-state index contributed by atoms with van der Waals surface area (Å²) in [6.07, 6.45) is 1.79. The average molecular weight is 267 g/mol. The van der Waals surface area contributed by atoms with Crippen LogP contribution in [0.5, 0.6) is 0 Å². The Labute approximate surface area is 108 Å². The molecule has 7 heteroatoms. The molecule has 2 rings (SSSR count). The van der Waals surface area contributed by atoms with Gasteiger partial charge in [0.15, 0.2) is 4.34 Å². The van der Waals surface area contributed by atoms with Gasteiger partial charge in [-0.15, -0.1) is 10.2 Å². The van der Waals surface area contributed by atoms with Crippen molar-refractivity contribution in [1.29, 1.82) is 0 Å². The molecule has 2 heterocycles. The van der Waals surface area contributed by atoms with E-state index < -0.39 is 0 Å². The van der Waals surface area contributed by atoms with Crippen molar-refractivity contribution in [2.75, 3.05) is 19.0 Å². The van der Waals surface area contributed by atoms with Crippen molar-refractivity contribution in [3.63, 3.8) is 0 Å². The van der Waals surface area contributed by atoms with Crippen molar-refractivity contribution in [3.8, 4) is 0 Å². The van der Waals surface area contributed by atoms with Gasteiger partial charge in [-0.25, -0.2) is 4.98 Å². The lowest BCUT2D eigenvalue weighted by Crippen LogP contribution is -2.07. The monoisotopic (exact) mass is 267 g/mol. The van der Waals surface area contributed by atoms with E-state index in [1.165, 1.54) is 11.8 Å². The van der Waals surface area contributed by atoms with Gasteiger partial charge in [0.05, 0.1) is 0 Å². The van der Waals surface area contributed by atoms with Crippen LogP contribution in [0.1, 0.15) is 5.56 Å². The van der Waals surface area contributed by atoms with Crippen LogP contribution in [0.3, 0.4) is 0 Å². The van der Waals surface area contributed by atoms with Crippen molar-refractivity contribution in [3.05, 3.63) is 23.9 Å². The first-order valence-corrected chi connectivity index (χ1v) is 6.66. The lowest BCUT2D eigenvalue weighted by Gasteiger charge is -2.03. The Balaban J connectivity index is 2.08. The third-order valence-electron chi connectivity index (χ3n) is 2.00. The van der Waals surface area contributed by atoms with Gasteiger partial charge in [0.2, 0.25) is 5.13 Å². The second-order valence-corrected chi connectivity index (χ2v) is 5.78. The van der Waals surface area contributed by atoms with Gasteiger partial charge >= 0.3 is 0 Å². The topological polar surface area (TPSA) is 67.9 Å². The Morgan fingerprint density at radius 3 is 2.71 bits per heavy atom. The molecule has 0 spiro atoms. The number of nitrogens with two attached hydrogens (primary N) is 1. The second kappa shape index (κ2) is 5.44. The Kier molecular flexibility index (Phi) is 3.93. The van der Waals surface area contributed by atoms with Crippen molar-refractivity contribution >= 4 is 28.2 Å². The molecule has 0 radical (unpaired) electrons. The molecule has 0 amide bonds. The van der Waals surface area contributed by atoms with Crippen LogP contribution in [0.15, 0.2) is 27.7 Å². The lowest BCUT2D eigenvalue weighted by molar-refractivity contribution is 0.968. The zero-order valence-electron chi connectivity index (χ0n) is 9.62. The number of nitrogens with zero attached hydrogens (tertiary/aromatic N) is 4. The van der Waals surface area contributed by atoms with E-state index in [1.54, 1.807) is 17.5 Å². The first kappa shape index (κ1) is 12.3. The van der Waals surface area contributed by atoms with Crippen molar-refractivity contribution in [2.24, 2.45) is 5.73 Å². The van der Waals surface area contributed by atoms with Crippen LogP contribution in [0.2, 0.25) is 0 Å². The highest BCUT2D eigenvalue weighted by Crippen LogP contribution is 2.31. The minimum absolute atomic E-state index is 0.515. The Bertz CT molecular complexity index is 480. The molecular weight excluding hydrogens is 254 g/mol. The molecule has 0 aliphatic heterocycles.